The molecule has 0 rings (SSSR count). The topological polar surface area (TPSA) is 80.4 Å². The van der Waals surface area contributed by atoms with Crippen molar-refractivity contribution in [1.29, 1.82) is 0 Å². The van der Waals surface area contributed by atoms with Crippen molar-refractivity contribution in [2.75, 3.05) is 0 Å². The minimum atomic E-state index is -1.37. The largest absolute Gasteiger partial charge is 0.385 e. The maximum atomic E-state index is 11.2. The fraction of sp³-hybridized carbons (Fsp3) is 0.700. The molecule has 1 atom stereocenters. The third-order valence-electron chi connectivity index (χ3n) is 2.50. The van der Waals surface area contributed by atoms with E-state index in [9.17, 15) is 20.0 Å². The number of aliphatic hydroxyl groups is 1. The van der Waals surface area contributed by atoms with Crippen LogP contribution in [0.2, 0.25) is 0 Å². The highest BCUT2D eigenvalue weighted by atomic mass is 16.6. The first kappa shape index (κ1) is 13.8. The van der Waals surface area contributed by atoms with Gasteiger partial charge in [-0.3, -0.25) is 14.9 Å². The van der Waals surface area contributed by atoms with Crippen LogP contribution >= 0.6 is 0 Å². The van der Waals surface area contributed by atoms with Gasteiger partial charge in [-0.05, 0) is 13.3 Å². The first-order valence-corrected chi connectivity index (χ1v) is 4.92. The number of carbonyl (C=O) groups excluding carboxylic acids is 1. The lowest BCUT2D eigenvalue weighted by Crippen LogP contribution is -2.32. The summed E-state index contributed by atoms with van der Waals surface area (Å²) in [6, 6.07) is 0. The molecule has 0 aromatic rings. The molecule has 0 amide bonds. The molecule has 1 N–H and O–H groups in total. The van der Waals surface area contributed by atoms with E-state index < -0.39 is 10.5 Å². The molecular weight excluding hydrogens is 198 g/mol. The summed E-state index contributed by atoms with van der Waals surface area (Å²) in [6.45, 7) is 4.86. The van der Waals surface area contributed by atoms with E-state index in [1.807, 2.05) is 0 Å². The Kier molecular flexibility index (Phi) is 5.14. The lowest BCUT2D eigenvalue weighted by atomic mass is 9.87. The second-order valence-corrected chi connectivity index (χ2v) is 3.55. The summed E-state index contributed by atoms with van der Waals surface area (Å²) in [7, 11) is 0. The molecule has 1 unspecified atom stereocenters. The van der Waals surface area contributed by atoms with Crippen LogP contribution < -0.4 is 0 Å². The smallest absolute Gasteiger partial charge is 0.236 e. The number of hydrogen-bond donors (Lipinski definition) is 1. The fourth-order valence-electron chi connectivity index (χ4n) is 1.27. The zero-order valence-corrected chi connectivity index (χ0v) is 9.32. The highest BCUT2D eigenvalue weighted by Gasteiger charge is 2.31. The number of hydrogen-bond acceptors (Lipinski definition) is 4. The van der Waals surface area contributed by atoms with Crippen LogP contribution in [0.25, 0.3) is 0 Å². The van der Waals surface area contributed by atoms with Crippen LogP contribution in [-0.2, 0) is 4.79 Å². The molecule has 0 fully saturated rings. The van der Waals surface area contributed by atoms with Crippen molar-refractivity contribution in [3.8, 4) is 0 Å². The van der Waals surface area contributed by atoms with Gasteiger partial charge in [0.05, 0.1) is 10.5 Å². The van der Waals surface area contributed by atoms with E-state index in [1.54, 1.807) is 13.8 Å². The maximum absolute atomic E-state index is 11.2. The lowest BCUT2D eigenvalue weighted by Gasteiger charge is -2.25. The molecule has 0 heterocycles. The number of nitro groups is 1. The van der Waals surface area contributed by atoms with E-state index in [2.05, 4.69) is 0 Å². The summed E-state index contributed by atoms with van der Waals surface area (Å²) in [6.07, 6.45) is 1.31. The summed E-state index contributed by atoms with van der Waals surface area (Å²) in [4.78, 5) is 20.9. The third kappa shape index (κ3) is 4.20. The van der Waals surface area contributed by atoms with Gasteiger partial charge < -0.3 is 5.11 Å². The van der Waals surface area contributed by atoms with E-state index in [0.29, 0.717) is 6.42 Å². The van der Waals surface area contributed by atoms with Crippen molar-refractivity contribution < 1.29 is 14.8 Å². The van der Waals surface area contributed by atoms with E-state index >= 15 is 0 Å². The molecule has 15 heavy (non-hydrogen) atoms. The summed E-state index contributed by atoms with van der Waals surface area (Å²) in [5.74, 6) is -0.101. The van der Waals surface area contributed by atoms with Gasteiger partial charge in [0.1, 0.15) is 5.78 Å². The number of rotatable bonds is 6. The molecule has 0 aliphatic heterocycles. The van der Waals surface area contributed by atoms with Gasteiger partial charge in [0.15, 0.2) is 0 Å². The monoisotopic (exact) mass is 215 g/mol. The summed E-state index contributed by atoms with van der Waals surface area (Å²) in [5, 5.41) is 20.3. The van der Waals surface area contributed by atoms with Gasteiger partial charge in [-0.25, -0.2) is 0 Å². The second kappa shape index (κ2) is 5.60. The van der Waals surface area contributed by atoms with E-state index in [4.69, 9.17) is 0 Å². The summed E-state index contributed by atoms with van der Waals surface area (Å²) in [5.41, 5.74) is -1.16. The molecule has 0 radical (unpaired) electrons. The Morgan fingerprint density at radius 1 is 1.53 bits per heavy atom. The lowest BCUT2D eigenvalue weighted by molar-refractivity contribution is -0.404. The highest BCUT2D eigenvalue weighted by Crippen LogP contribution is 2.25. The zero-order valence-electron chi connectivity index (χ0n) is 9.32. The molecule has 5 nitrogen and oxygen atoms in total. The zero-order chi connectivity index (χ0) is 12.1. The highest BCUT2D eigenvalue weighted by molar-refractivity contribution is 5.79. The standard InChI is InChI=1S/C10H17NO4/c1-4-9(12)6-10(13,5-2)8(3)7-11(14)15/h7,13H,4-6H2,1-3H3/b8-7+. The SMILES string of the molecule is CCC(=O)CC(O)(CC)/C(C)=C/[N+](=O)[O-]. The minimum absolute atomic E-state index is 0.0594. The molecule has 0 saturated heterocycles. The Morgan fingerprint density at radius 2 is 2.07 bits per heavy atom. The maximum Gasteiger partial charge on any atom is 0.236 e. The van der Waals surface area contributed by atoms with Gasteiger partial charge in [0, 0.05) is 18.4 Å². The molecule has 0 aliphatic rings. The summed E-state index contributed by atoms with van der Waals surface area (Å²) < 4.78 is 0. The Morgan fingerprint density at radius 3 is 2.40 bits per heavy atom. The quantitative estimate of drug-likeness (QED) is 0.540. The van der Waals surface area contributed by atoms with Crippen LogP contribution in [0.5, 0.6) is 0 Å². The fourth-order valence-corrected chi connectivity index (χ4v) is 1.27. The van der Waals surface area contributed by atoms with Gasteiger partial charge >= 0.3 is 0 Å². The first-order valence-electron chi connectivity index (χ1n) is 4.92. The molecule has 0 aliphatic carbocycles. The Bertz CT molecular complexity index is 285. The van der Waals surface area contributed by atoms with Crippen LogP contribution in [0.1, 0.15) is 40.0 Å². The van der Waals surface area contributed by atoms with Crippen LogP contribution in [0.3, 0.4) is 0 Å². The molecule has 0 saturated carbocycles. The average molecular weight is 215 g/mol. The van der Waals surface area contributed by atoms with E-state index in [-0.39, 0.29) is 24.2 Å². The molecule has 0 bridgehead atoms. The van der Waals surface area contributed by atoms with Gasteiger partial charge in [0.25, 0.3) is 0 Å². The van der Waals surface area contributed by atoms with Crippen molar-refractivity contribution in [3.63, 3.8) is 0 Å². The van der Waals surface area contributed by atoms with Crippen LogP contribution in [0.15, 0.2) is 11.8 Å². The second-order valence-electron chi connectivity index (χ2n) is 3.55. The molecule has 0 aromatic carbocycles. The normalized spacial score (nSPS) is 15.9. The van der Waals surface area contributed by atoms with Gasteiger partial charge in [-0.2, -0.15) is 0 Å². The summed E-state index contributed by atoms with van der Waals surface area (Å²) >= 11 is 0. The molecular formula is C10H17NO4. The van der Waals surface area contributed by atoms with Crippen molar-refractivity contribution in [2.45, 2.75) is 45.6 Å². The number of ketones is 1. The van der Waals surface area contributed by atoms with Crippen molar-refractivity contribution in [1.82, 2.24) is 0 Å². The molecule has 0 aromatic heterocycles. The molecule has 0 spiro atoms. The van der Waals surface area contributed by atoms with Gasteiger partial charge in [-0.15, -0.1) is 0 Å². The Balaban J connectivity index is 4.84. The Labute approximate surface area is 88.9 Å². The average Bonchev–Trinajstić information content (AvgIpc) is 2.16. The van der Waals surface area contributed by atoms with E-state index in [1.165, 1.54) is 6.92 Å². The number of Topliss-reactive ketones (excluding diaryl/α,β-unsaturated/α-hetero) is 1. The van der Waals surface area contributed by atoms with Crippen molar-refractivity contribution >= 4 is 5.78 Å². The molecule has 86 valence electrons. The first-order chi connectivity index (χ1) is 6.85. The molecule has 5 heteroatoms. The van der Waals surface area contributed by atoms with Crippen LogP contribution in [-0.4, -0.2) is 21.4 Å². The van der Waals surface area contributed by atoms with Gasteiger partial charge in [-0.1, -0.05) is 13.8 Å². The number of nitrogens with zero attached hydrogens (tertiary/aromatic N) is 1. The third-order valence-corrected chi connectivity index (χ3v) is 2.50. The van der Waals surface area contributed by atoms with Crippen LogP contribution in [0, 0.1) is 10.1 Å². The van der Waals surface area contributed by atoms with Crippen molar-refractivity contribution in [2.24, 2.45) is 0 Å². The minimum Gasteiger partial charge on any atom is -0.385 e. The number of carbonyl (C=O) groups is 1. The van der Waals surface area contributed by atoms with E-state index in [0.717, 1.165) is 6.20 Å². The Hall–Kier alpha value is -1.23. The predicted octanol–water partition coefficient (Wildman–Crippen LogP) is 1.68. The van der Waals surface area contributed by atoms with Crippen molar-refractivity contribution in [3.05, 3.63) is 21.9 Å². The van der Waals surface area contributed by atoms with Crippen LogP contribution in [0.4, 0.5) is 0 Å². The van der Waals surface area contributed by atoms with Gasteiger partial charge in [0.2, 0.25) is 6.20 Å². The predicted molar refractivity (Wildman–Crippen MR) is 55.9 cm³/mol.